The number of para-hydroxylation sites is 2. The third-order valence-electron chi connectivity index (χ3n) is 11.0. The molecule has 2 nitrogen and oxygen atoms in total. The molecular weight excluding hydrogens is 617 g/mol. The van der Waals surface area contributed by atoms with Gasteiger partial charge in [-0.2, -0.15) is 0 Å². The molecule has 0 atom stereocenters. The lowest BCUT2D eigenvalue weighted by Crippen LogP contribution is -2.15. The van der Waals surface area contributed by atoms with Crippen molar-refractivity contribution in [3.8, 4) is 27.9 Å². The van der Waals surface area contributed by atoms with Gasteiger partial charge in [0.25, 0.3) is 0 Å². The number of anilines is 3. The first-order chi connectivity index (χ1) is 25.0. The Morgan fingerprint density at radius 1 is 0.412 bits per heavy atom. The van der Waals surface area contributed by atoms with Crippen molar-refractivity contribution >= 4 is 49.6 Å². The topological polar surface area (TPSA) is 8.17 Å². The average Bonchev–Trinajstić information content (AvgIpc) is 3.64. The molecule has 0 fully saturated rings. The van der Waals surface area contributed by atoms with E-state index in [0.717, 1.165) is 22.7 Å². The molecule has 0 N–H and O–H groups in total. The molecule has 0 radical (unpaired) electrons. The number of aromatic nitrogens is 1. The summed E-state index contributed by atoms with van der Waals surface area (Å²) in [5, 5.41) is 5.04. The summed E-state index contributed by atoms with van der Waals surface area (Å²) < 4.78 is 2.38. The second kappa shape index (κ2) is 11.3. The number of hydrogen-bond acceptors (Lipinski definition) is 1. The largest absolute Gasteiger partial charge is 0.310 e. The highest BCUT2D eigenvalue weighted by Gasteiger charge is 2.35. The Morgan fingerprint density at radius 3 is 1.80 bits per heavy atom. The molecule has 2 heteroatoms. The van der Waals surface area contributed by atoms with E-state index < -0.39 is 0 Å². The molecule has 1 aliphatic carbocycles. The summed E-state index contributed by atoms with van der Waals surface area (Å²) in [4.78, 5) is 2.41. The predicted molar refractivity (Wildman–Crippen MR) is 216 cm³/mol. The van der Waals surface area contributed by atoms with Crippen molar-refractivity contribution in [2.75, 3.05) is 4.90 Å². The van der Waals surface area contributed by atoms with E-state index >= 15 is 0 Å². The van der Waals surface area contributed by atoms with Gasteiger partial charge in [0.15, 0.2) is 0 Å². The Balaban J connectivity index is 1.14. The maximum absolute atomic E-state index is 2.41. The van der Waals surface area contributed by atoms with Crippen LogP contribution in [0.15, 0.2) is 182 Å². The van der Waals surface area contributed by atoms with Crippen molar-refractivity contribution in [2.24, 2.45) is 0 Å². The highest BCUT2D eigenvalue weighted by Crippen LogP contribution is 2.50. The summed E-state index contributed by atoms with van der Waals surface area (Å²) in [5.74, 6) is 0. The molecule has 0 saturated heterocycles. The second-order valence-electron chi connectivity index (χ2n) is 14.2. The summed E-state index contributed by atoms with van der Waals surface area (Å²) >= 11 is 0. The quantitative estimate of drug-likeness (QED) is 0.180. The van der Waals surface area contributed by atoms with Crippen molar-refractivity contribution in [1.29, 1.82) is 0 Å². The molecule has 1 heterocycles. The van der Waals surface area contributed by atoms with Gasteiger partial charge >= 0.3 is 0 Å². The number of benzene rings is 8. The first kappa shape index (κ1) is 29.5. The third kappa shape index (κ3) is 4.64. The number of nitrogens with zero attached hydrogens (tertiary/aromatic N) is 2. The van der Waals surface area contributed by atoms with Gasteiger partial charge in [-0.25, -0.2) is 0 Å². The molecule has 0 saturated carbocycles. The number of hydrogen-bond donors (Lipinski definition) is 0. The molecule has 51 heavy (non-hydrogen) atoms. The van der Waals surface area contributed by atoms with Crippen LogP contribution < -0.4 is 4.90 Å². The standard InChI is InChI=1S/C49H36N2/c1-49(2)45-19-8-5-16-41(45)44-32-40(28-29-46(44)49)50(39-15-11-14-35(31-39)36-23-22-33-12-3-4-13-34(33)30-36)37-24-26-38(27-25-37)51-47-20-9-6-17-42(47)43-18-7-10-21-48(43)51/h3-32H,1-2H3. The monoisotopic (exact) mass is 652 g/mol. The molecule has 8 aromatic carbocycles. The molecule has 0 bridgehead atoms. The van der Waals surface area contributed by atoms with Gasteiger partial charge in [-0.05, 0) is 111 Å². The van der Waals surface area contributed by atoms with Crippen molar-refractivity contribution in [3.63, 3.8) is 0 Å². The van der Waals surface area contributed by atoms with Gasteiger partial charge in [0.05, 0.1) is 11.0 Å². The van der Waals surface area contributed by atoms with Crippen LogP contribution in [0.25, 0.3) is 60.5 Å². The van der Waals surface area contributed by atoms with Gasteiger partial charge in [-0.1, -0.05) is 129 Å². The molecule has 0 aliphatic heterocycles. The molecule has 0 amide bonds. The Labute approximate surface area is 298 Å². The van der Waals surface area contributed by atoms with Gasteiger partial charge < -0.3 is 9.47 Å². The lowest BCUT2D eigenvalue weighted by Gasteiger charge is -2.28. The van der Waals surface area contributed by atoms with Gasteiger partial charge in [0, 0.05) is 38.9 Å². The molecule has 10 rings (SSSR count). The van der Waals surface area contributed by atoms with E-state index in [1.54, 1.807) is 0 Å². The fraction of sp³-hybridized carbons (Fsp3) is 0.0612. The SMILES string of the molecule is CC1(C)c2ccccc2-c2cc(N(c3ccc(-n4c5ccccc5c5ccccc54)cc3)c3cccc(-c4ccc5ccccc5c4)c3)ccc21. The minimum Gasteiger partial charge on any atom is -0.310 e. The maximum Gasteiger partial charge on any atom is 0.0541 e. The van der Waals surface area contributed by atoms with E-state index in [1.165, 1.54) is 66.0 Å². The van der Waals surface area contributed by atoms with Gasteiger partial charge in [-0.3, -0.25) is 0 Å². The lowest BCUT2D eigenvalue weighted by atomic mass is 9.82. The fourth-order valence-corrected chi connectivity index (χ4v) is 8.44. The molecule has 1 aromatic heterocycles. The maximum atomic E-state index is 2.41. The minimum atomic E-state index is -0.0464. The van der Waals surface area contributed by atoms with Gasteiger partial charge in [0.2, 0.25) is 0 Å². The summed E-state index contributed by atoms with van der Waals surface area (Å²) in [5.41, 5.74) is 14.7. The van der Waals surface area contributed by atoms with Crippen LogP contribution in [0.3, 0.4) is 0 Å². The molecule has 0 unspecified atom stereocenters. The van der Waals surface area contributed by atoms with Crippen molar-refractivity contribution in [3.05, 3.63) is 193 Å². The number of rotatable bonds is 5. The Hall–Kier alpha value is -6.38. The number of fused-ring (bicyclic) bond motifs is 7. The lowest BCUT2D eigenvalue weighted by molar-refractivity contribution is 0.660. The summed E-state index contributed by atoms with van der Waals surface area (Å²) in [6, 6.07) is 66.7. The summed E-state index contributed by atoms with van der Waals surface area (Å²) in [7, 11) is 0. The molecule has 1 aliphatic rings. The van der Waals surface area contributed by atoms with E-state index in [0.29, 0.717) is 0 Å². The Kier molecular flexibility index (Phi) is 6.56. The van der Waals surface area contributed by atoms with E-state index in [9.17, 15) is 0 Å². The minimum absolute atomic E-state index is 0.0464. The first-order valence-electron chi connectivity index (χ1n) is 17.8. The van der Waals surface area contributed by atoms with Gasteiger partial charge in [0.1, 0.15) is 0 Å². The Morgan fingerprint density at radius 2 is 1.02 bits per heavy atom. The molecule has 242 valence electrons. The van der Waals surface area contributed by atoms with Crippen LogP contribution in [0, 0.1) is 0 Å². The molecular formula is C49H36N2. The summed E-state index contributed by atoms with van der Waals surface area (Å²) in [6.45, 7) is 4.69. The van der Waals surface area contributed by atoms with Crippen LogP contribution >= 0.6 is 0 Å². The Bertz CT molecular complexity index is 2730. The molecule has 0 spiro atoms. The predicted octanol–water partition coefficient (Wildman–Crippen LogP) is 13.4. The zero-order chi connectivity index (χ0) is 34.1. The zero-order valence-corrected chi connectivity index (χ0v) is 28.7. The van der Waals surface area contributed by atoms with E-state index in [2.05, 4.69) is 205 Å². The first-order valence-corrected chi connectivity index (χ1v) is 17.8. The highest BCUT2D eigenvalue weighted by molar-refractivity contribution is 6.09. The smallest absolute Gasteiger partial charge is 0.0541 e. The van der Waals surface area contributed by atoms with Crippen LogP contribution in [-0.2, 0) is 5.41 Å². The van der Waals surface area contributed by atoms with Crippen molar-refractivity contribution < 1.29 is 0 Å². The zero-order valence-electron chi connectivity index (χ0n) is 28.7. The van der Waals surface area contributed by atoms with Crippen LogP contribution in [0.4, 0.5) is 17.1 Å². The summed E-state index contributed by atoms with van der Waals surface area (Å²) in [6.07, 6.45) is 0. The van der Waals surface area contributed by atoms with Crippen LogP contribution in [0.2, 0.25) is 0 Å². The fourth-order valence-electron chi connectivity index (χ4n) is 8.44. The van der Waals surface area contributed by atoms with Crippen molar-refractivity contribution in [1.82, 2.24) is 4.57 Å². The average molecular weight is 653 g/mol. The van der Waals surface area contributed by atoms with Crippen LogP contribution in [-0.4, -0.2) is 4.57 Å². The second-order valence-corrected chi connectivity index (χ2v) is 14.2. The normalized spacial score (nSPS) is 13.1. The third-order valence-corrected chi connectivity index (χ3v) is 11.0. The molecule has 9 aromatic rings. The van der Waals surface area contributed by atoms with E-state index in [-0.39, 0.29) is 5.41 Å². The van der Waals surface area contributed by atoms with Gasteiger partial charge in [-0.15, -0.1) is 0 Å². The van der Waals surface area contributed by atoms with E-state index in [4.69, 9.17) is 0 Å². The van der Waals surface area contributed by atoms with Crippen molar-refractivity contribution in [2.45, 2.75) is 19.3 Å². The highest BCUT2D eigenvalue weighted by atomic mass is 15.1. The van der Waals surface area contributed by atoms with E-state index in [1.807, 2.05) is 0 Å². The van der Waals surface area contributed by atoms with Crippen LogP contribution in [0.1, 0.15) is 25.0 Å². The van der Waals surface area contributed by atoms with Crippen LogP contribution in [0.5, 0.6) is 0 Å².